The molecule has 0 unspecified atom stereocenters. The van der Waals surface area contributed by atoms with Gasteiger partial charge in [-0.2, -0.15) is 4.31 Å². The lowest BCUT2D eigenvalue weighted by atomic mass is 10.1. The molecule has 146 valence electrons. The fourth-order valence-corrected chi connectivity index (χ4v) is 4.90. The van der Waals surface area contributed by atoms with Crippen molar-refractivity contribution in [3.63, 3.8) is 0 Å². The van der Waals surface area contributed by atoms with Crippen LogP contribution in [0.2, 0.25) is 0 Å². The first-order valence-corrected chi connectivity index (χ1v) is 10.9. The van der Waals surface area contributed by atoms with Crippen molar-refractivity contribution < 1.29 is 17.9 Å². The molecular weight excluding hydrogens is 352 g/mol. The van der Waals surface area contributed by atoms with Gasteiger partial charge in [0.05, 0.1) is 7.11 Å². The van der Waals surface area contributed by atoms with Crippen LogP contribution in [0.25, 0.3) is 0 Å². The molecule has 1 saturated heterocycles. The molecule has 26 heavy (non-hydrogen) atoms. The molecule has 1 N–H and O–H groups in total. The van der Waals surface area contributed by atoms with E-state index in [1.54, 1.807) is 12.1 Å². The Morgan fingerprint density at radius 3 is 2.31 bits per heavy atom. The van der Waals surface area contributed by atoms with Gasteiger partial charge in [-0.3, -0.25) is 4.79 Å². The Morgan fingerprint density at radius 1 is 1.15 bits per heavy atom. The van der Waals surface area contributed by atoms with Crippen LogP contribution in [0.5, 0.6) is 5.75 Å². The molecule has 1 aliphatic heterocycles. The SMILES string of the molecule is CCC(CC)NC(=O)c1ccc(OC)c(S(=O)(=O)N2CCCCCC2)c1. The summed E-state index contributed by atoms with van der Waals surface area (Å²) in [6, 6.07) is 4.69. The lowest BCUT2D eigenvalue weighted by molar-refractivity contribution is 0.0934. The molecule has 0 atom stereocenters. The summed E-state index contributed by atoms with van der Waals surface area (Å²) >= 11 is 0. The second kappa shape index (κ2) is 9.37. The summed E-state index contributed by atoms with van der Waals surface area (Å²) in [4.78, 5) is 12.6. The van der Waals surface area contributed by atoms with Gasteiger partial charge in [0.1, 0.15) is 10.6 Å². The van der Waals surface area contributed by atoms with Gasteiger partial charge in [-0.15, -0.1) is 0 Å². The third-order valence-electron chi connectivity index (χ3n) is 4.93. The summed E-state index contributed by atoms with van der Waals surface area (Å²) in [5.74, 6) is 0.0157. The number of nitrogens with zero attached hydrogens (tertiary/aromatic N) is 1. The Bertz CT molecular complexity index is 706. The molecule has 1 aromatic carbocycles. The number of rotatable bonds is 7. The van der Waals surface area contributed by atoms with Gasteiger partial charge < -0.3 is 10.1 Å². The quantitative estimate of drug-likeness (QED) is 0.786. The summed E-state index contributed by atoms with van der Waals surface area (Å²) < 4.78 is 33.1. The third-order valence-corrected chi connectivity index (χ3v) is 6.85. The zero-order valence-electron chi connectivity index (χ0n) is 16.0. The molecule has 1 amide bonds. The molecule has 0 aliphatic carbocycles. The number of carbonyl (C=O) groups excluding carboxylic acids is 1. The number of sulfonamides is 1. The Morgan fingerprint density at radius 2 is 1.77 bits per heavy atom. The average Bonchev–Trinajstić information content (AvgIpc) is 2.95. The molecule has 1 heterocycles. The summed E-state index contributed by atoms with van der Waals surface area (Å²) in [5.41, 5.74) is 0.339. The number of hydrogen-bond donors (Lipinski definition) is 1. The molecule has 1 aliphatic rings. The van der Waals surface area contributed by atoms with Crippen molar-refractivity contribution >= 4 is 15.9 Å². The van der Waals surface area contributed by atoms with Crippen LogP contribution < -0.4 is 10.1 Å². The van der Waals surface area contributed by atoms with E-state index in [1.807, 2.05) is 13.8 Å². The fraction of sp³-hybridized carbons (Fsp3) is 0.632. The maximum absolute atomic E-state index is 13.1. The highest BCUT2D eigenvalue weighted by atomic mass is 32.2. The van der Waals surface area contributed by atoms with Crippen molar-refractivity contribution in [1.82, 2.24) is 9.62 Å². The second-order valence-electron chi connectivity index (χ2n) is 6.67. The van der Waals surface area contributed by atoms with Gasteiger partial charge in [0.15, 0.2) is 0 Å². The van der Waals surface area contributed by atoms with E-state index in [2.05, 4.69) is 5.32 Å². The van der Waals surface area contributed by atoms with E-state index in [1.165, 1.54) is 17.5 Å². The van der Waals surface area contributed by atoms with Crippen LogP contribution in [0.15, 0.2) is 23.1 Å². The van der Waals surface area contributed by atoms with E-state index in [-0.39, 0.29) is 22.6 Å². The first kappa shape index (κ1) is 20.7. The van der Waals surface area contributed by atoms with E-state index >= 15 is 0 Å². The largest absolute Gasteiger partial charge is 0.495 e. The van der Waals surface area contributed by atoms with Crippen molar-refractivity contribution in [2.45, 2.75) is 63.3 Å². The molecule has 0 saturated carbocycles. The predicted molar refractivity (Wildman–Crippen MR) is 102 cm³/mol. The van der Waals surface area contributed by atoms with Crippen LogP contribution in [-0.4, -0.2) is 44.9 Å². The van der Waals surface area contributed by atoms with E-state index < -0.39 is 10.0 Å². The van der Waals surface area contributed by atoms with Crippen molar-refractivity contribution in [3.05, 3.63) is 23.8 Å². The number of nitrogens with one attached hydrogen (secondary N) is 1. The number of amides is 1. The minimum absolute atomic E-state index is 0.0686. The topological polar surface area (TPSA) is 75.7 Å². The third kappa shape index (κ3) is 4.76. The lowest BCUT2D eigenvalue weighted by Gasteiger charge is -2.22. The van der Waals surface area contributed by atoms with Crippen molar-refractivity contribution in [2.75, 3.05) is 20.2 Å². The highest BCUT2D eigenvalue weighted by Gasteiger charge is 2.29. The minimum Gasteiger partial charge on any atom is -0.495 e. The highest BCUT2D eigenvalue weighted by Crippen LogP contribution is 2.29. The van der Waals surface area contributed by atoms with Gasteiger partial charge >= 0.3 is 0 Å². The molecule has 0 aromatic heterocycles. The van der Waals surface area contributed by atoms with Crippen LogP contribution in [0, 0.1) is 0 Å². The number of methoxy groups -OCH3 is 1. The zero-order chi connectivity index (χ0) is 19.2. The number of benzene rings is 1. The molecule has 0 spiro atoms. The maximum Gasteiger partial charge on any atom is 0.251 e. The van der Waals surface area contributed by atoms with Gasteiger partial charge in [0.25, 0.3) is 5.91 Å². The van der Waals surface area contributed by atoms with Gasteiger partial charge in [0.2, 0.25) is 10.0 Å². The Kier molecular flexibility index (Phi) is 7.46. The molecule has 0 radical (unpaired) electrons. The fourth-order valence-electron chi connectivity index (χ4n) is 3.20. The van der Waals surface area contributed by atoms with Gasteiger partial charge in [-0.05, 0) is 43.9 Å². The molecule has 1 aromatic rings. The van der Waals surface area contributed by atoms with Gasteiger partial charge in [-0.25, -0.2) is 8.42 Å². The summed E-state index contributed by atoms with van der Waals surface area (Å²) in [7, 11) is -2.25. The first-order valence-electron chi connectivity index (χ1n) is 9.43. The molecular formula is C19H30N2O4S. The highest BCUT2D eigenvalue weighted by molar-refractivity contribution is 7.89. The van der Waals surface area contributed by atoms with Crippen LogP contribution in [0.1, 0.15) is 62.7 Å². The lowest BCUT2D eigenvalue weighted by Crippen LogP contribution is -2.34. The molecule has 7 heteroatoms. The monoisotopic (exact) mass is 382 g/mol. The summed E-state index contributed by atoms with van der Waals surface area (Å²) in [5, 5.41) is 2.95. The van der Waals surface area contributed by atoms with Crippen LogP contribution in [0.3, 0.4) is 0 Å². The van der Waals surface area contributed by atoms with E-state index in [0.717, 1.165) is 38.5 Å². The van der Waals surface area contributed by atoms with Crippen LogP contribution in [0.4, 0.5) is 0 Å². The summed E-state index contributed by atoms with van der Waals surface area (Å²) in [6.07, 6.45) is 5.46. The Hall–Kier alpha value is -1.60. The van der Waals surface area contributed by atoms with Gasteiger partial charge in [-0.1, -0.05) is 26.7 Å². The number of hydrogen-bond acceptors (Lipinski definition) is 4. The van der Waals surface area contributed by atoms with E-state index in [0.29, 0.717) is 18.7 Å². The molecule has 6 nitrogen and oxygen atoms in total. The average molecular weight is 383 g/mol. The second-order valence-corrected chi connectivity index (χ2v) is 8.58. The minimum atomic E-state index is -3.70. The van der Waals surface area contributed by atoms with Crippen LogP contribution >= 0.6 is 0 Å². The first-order chi connectivity index (χ1) is 12.4. The Labute approximate surface area is 157 Å². The van der Waals surface area contributed by atoms with Crippen molar-refractivity contribution in [2.24, 2.45) is 0 Å². The molecule has 2 rings (SSSR count). The number of ether oxygens (including phenoxy) is 1. The predicted octanol–water partition coefficient (Wildman–Crippen LogP) is 3.18. The summed E-state index contributed by atoms with van der Waals surface area (Å²) in [6.45, 7) is 5.04. The van der Waals surface area contributed by atoms with E-state index in [9.17, 15) is 13.2 Å². The van der Waals surface area contributed by atoms with Gasteiger partial charge in [0, 0.05) is 24.7 Å². The normalized spacial score (nSPS) is 16.3. The molecule has 0 bridgehead atoms. The van der Waals surface area contributed by atoms with Crippen molar-refractivity contribution in [3.8, 4) is 5.75 Å². The van der Waals surface area contributed by atoms with Crippen molar-refractivity contribution in [1.29, 1.82) is 0 Å². The standard InChI is InChI=1S/C19H30N2O4S/c1-4-16(5-2)20-19(22)15-10-11-17(25-3)18(14-15)26(23,24)21-12-8-6-7-9-13-21/h10-11,14,16H,4-9,12-13H2,1-3H3,(H,20,22). The zero-order valence-corrected chi connectivity index (χ0v) is 16.8. The van der Waals surface area contributed by atoms with Crippen LogP contribution in [-0.2, 0) is 10.0 Å². The smallest absolute Gasteiger partial charge is 0.251 e. The van der Waals surface area contributed by atoms with E-state index in [4.69, 9.17) is 4.74 Å². The Balaban J connectivity index is 2.35. The maximum atomic E-state index is 13.1. The molecule has 1 fully saturated rings. The number of carbonyl (C=O) groups is 1.